The molecule has 2 nitrogen and oxygen atoms in total. The molecule has 0 saturated carbocycles. The summed E-state index contributed by atoms with van der Waals surface area (Å²) in [6, 6.07) is 0. The normalized spacial score (nSPS) is 32.4. The fourth-order valence-corrected chi connectivity index (χ4v) is 2.13. The van der Waals surface area contributed by atoms with Gasteiger partial charge in [0, 0.05) is 13.0 Å². The molecule has 2 atom stereocenters. The fourth-order valence-electron chi connectivity index (χ4n) is 2.13. The highest BCUT2D eigenvalue weighted by Crippen LogP contribution is 2.30. The number of unbranched alkanes of at least 4 members (excludes halogenated alkanes) is 4. The van der Waals surface area contributed by atoms with E-state index in [1.807, 2.05) is 6.92 Å². The molecule has 1 N–H and O–H groups in total. The lowest BCUT2D eigenvalue weighted by Crippen LogP contribution is -2.35. The van der Waals surface area contributed by atoms with Crippen LogP contribution in [0.2, 0.25) is 0 Å². The van der Waals surface area contributed by atoms with Gasteiger partial charge in [0.2, 0.25) is 0 Å². The monoisotopic (exact) mass is 200 g/mol. The second-order valence-corrected chi connectivity index (χ2v) is 4.53. The van der Waals surface area contributed by atoms with E-state index in [4.69, 9.17) is 4.74 Å². The highest BCUT2D eigenvalue weighted by atomic mass is 16.5. The van der Waals surface area contributed by atoms with Crippen molar-refractivity contribution in [3.8, 4) is 0 Å². The summed E-state index contributed by atoms with van der Waals surface area (Å²) in [7, 11) is 0. The van der Waals surface area contributed by atoms with Crippen LogP contribution in [0, 0.1) is 0 Å². The minimum Gasteiger partial charge on any atom is -0.387 e. The lowest BCUT2D eigenvalue weighted by atomic mass is 9.90. The Hall–Kier alpha value is -0.0800. The van der Waals surface area contributed by atoms with Gasteiger partial charge in [-0.15, -0.1) is 0 Å². The van der Waals surface area contributed by atoms with Crippen LogP contribution in [-0.4, -0.2) is 23.4 Å². The van der Waals surface area contributed by atoms with Crippen LogP contribution in [0.15, 0.2) is 0 Å². The zero-order valence-electron chi connectivity index (χ0n) is 9.59. The molecule has 0 amide bonds. The molecule has 2 unspecified atom stereocenters. The predicted octanol–water partition coefficient (Wildman–Crippen LogP) is 2.89. The molecule has 1 heterocycles. The van der Waals surface area contributed by atoms with Gasteiger partial charge in [-0.25, -0.2) is 0 Å². The number of ether oxygens (including phenoxy) is 1. The molecule has 0 aromatic rings. The van der Waals surface area contributed by atoms with Gasteiger partial charge in [-0.1, -0.05) is 39.0 Å². The summed E-state index contributed by atoms with van der Waals surface area (Å²) < 4.78 is 5.40. The number of hydrogen-bond donors (Lipinski definition) is 1. The molecule has 2 heteroatoms. The van der Waals surface area contributed by atoms with Gasteiger partial charge in [-0.2, -0.15) is 0 Å². The minimum absolute atomic E-state index is 0.0358. The Morgan fingerprint density at radius 1 is 1.29 bits per heavy atom. The smallest absolute Gasteiger partial charge is 0.0927 e. The first-order valence-electron chi connectivity index (χ1n) is 6.03. The molecular formula is C12H24O2. The Balaban J connectivity index is 2.10. The van der Waals surface area contributed by atoms with Gasteiger partial charge in [0.1, 0.15) is 0 Å². The Morgan fingerprint density at radius 2 is 2.00 bits per heavy atom. The number of aliphatic hydroxyl groups is 1. The average molecular weight is 200 g/mol. The third-order valence-electron chi connectivity index (χ3n) is 3.37. The van der Waals surface area contributed by atoms with Gasteiger partial charge < -0.3 is 9.84 Å². The quantitative estimate of drug-likeness (QED) is 0.668. The predicted molar refractivity (Wildman–Crippen MR) is 58.4 cm³/mol. The highest BCUT2D eigenvalue weighted by Gasteiger charge is 2.38. The van der Waals surface area contributed by atoms with Crippen LogP contribution in [-0.2, 0) is 4.74 Å². The van der Waals surface area contributed by atoms with Crippen molar-refractivity contribution in [1.82, 2.24) is 0 Å². The second-order valence-electron chi connectivity index (χ2n) is 4.53. The zero-order chi connectivity index (χ0) is 10.4. The van der Waals surface area contributed by atoms with Gasteiger partial charge in [0.25, 0.3) is 0 Å². The molecule has 1 aliphatic rings. The van der Waals surface area contributed by atoms with Crippen LogP contribution in [0.3, 0.4) is 0 Å². The third kappa shape index (κ3) is 3.25. The van der Waals surface area contributed by atoms with E-state index in [0.717, 1.165) is 25.9 Å². The maximum absolute atomic E-state index is 10.2. The van der Waals surface area contributed by atoms with Crippen molar-refractivity contribution < 1.29 is 9.84 Å². The first-order valence-corrected chi connectivity index (χ1v) is 6.03. The van der Waals surface area contributed by atoms with Crippen molar-refractivity contribution in [2.45, 2.75) is 70.5 Å². The first-order chi connectivity index (χ1) is 6.69. The molecule has 1 aliphatic heterocycles. The SMILES string of the molecule is CCCCCCCC1(O)CCOC1C. The van der Waals surface area contributed by atoms with Crippen molar-refractivity contribution in [1.29, 1.82) is 0 Å². The molecule has 0 aliphatic carbocycles. The Kier molecular flexibility index (Phi) is 4.90. The summed E-state index contributed by atoms with van der Waals surface area (Å²) in [6.45, 7) is 4.94. The summed E-state index contributed by atoms with van der Waals surface area (Å²) in [4.78, 5) is 0. The van der Waals surface area contributed by atoms with Gasteiger partial charge in [0.05, 0.1) is 11.7 Å². The fraction of sp³-hybridized carbons (Fsp3) is 1.00. The molecule has 0 spiro atoms. The second kappa shape index (κ2) is 5.72. The lowest BCUT2D eigenvalue weighted by Gasteiger charge is -2.25. The molecule has 14 heavy (non-hydrogen) atoms. The van der Waals surface area contributed by atoms with E-state index >= 15 is 0 Å². The van der Waals surface area contributed by atoms with Gasteiger partial charge in [-0.05, 0) is 13.3 Å². The van der Waals surface area contributed by atoms with Gasteiger partial charge in [-0.3, -0.25) is 0 Å². The molecule has 1 rings (SSSR count). The van der Waals surface area contributed by atoms with E-state index in [9.17, 15) is 5.11 Å². The maximum Gasteiger partial charge on any atom is 0.0927 e. The average Bonchev–Trinajstić information content (AvgIpc) is 2.47. The topological polar surface area (TPSA) is 29.5 Å². The van der Waals surface area contributed by atoms with E-state index in [0.29, 0.717) is 0 Å². The molecule has 1 saturated heterocycles. The van der Waals surface area contributed by atoms with Crippen molar-refractivity contribution in [2.75, 3.05) is 6.61 Å². The maximum atomic E-state index is 10.2. The number of hydrogen-bond acceptors (Lipinski definition) is 2. The Morgan fingerprint density at radius 3 is 2.57 bits per heavy atom. The van der Waals surface area contributed by atoms with E-state index in [2.05, 4.69) is 6.92 Å². The molecule has 0 radical (unpaired) electrons. The molecule has 0 aromatic carbocycles. The van der Waals surface area contributed by atoms with Crippen molar-refractivity contribution in [3.63, 3.8) is 0 Å². The summed E-state index contributed by atoms with van der Waals surface area (Å²) in [6.07, 6.45) is 8.08. The zero-order valence-corrected chi connectivity index (χ0v) is 9.59. The molecule has 0 aromatic heterocycles. The summed E-state index contributed by atoms with van der Waals surface area (Å²) in [5.74, 6) is 0. The first kappa shape index (κ1) is 12.0. The van der Waals surface area contributed by atoms with E-state index in [-0.39, 0.29) is 6.10 Å². The van der Waals surface area contributed by atoms with Crippen LogP contribution < -0.4 is 0 Å². The lowest BCUT2D eigenvalue weighted by molar-refractivity contribution is -0.0345. The van der Waals surface area contributed by atoms with Crippen LogP contribution in [0.25, 0.3) is 0 Å². The highest BCUT2D eigenvalue weighted by molar-refractivity contribution is 4.89. The van der Waals surface area contributed by atoms with Crippen molar-refractivity contribution in [2.24, 2.45) is 0 Å². The van der Waals surface area contributed by atoms with Crippen LogP contribution in [0.5, 0.6) is 0 Å². The Labute approximate surface area is 87.7 Å². The molecule has 0 bridgehead atoms. The third-order valence-corrected chi connectivity index (χ3v) is 3.37. The molecule has 1 fully saturated rings. The Bertz CT molecular complexity index is 158. The summed E-state index contributed by atoms with van der Waals surface area (Å²) in [5.41, 5.74) is -0.522. The van der Waals surface area contributed by atoms with E-state index in [1.165, 1.54) is 25.7 Å². The largest absolute Gasteiger partial charge is 0.387 e. The van der Waals surface area contributed by atoms with E-state index in [1.54, 1.807) is 0 Å². The minimum atomic E-state index is -0.522. The number of rotatable bonds is 6. The van der Waals surface area contributed by atoms with Crippen molar-refractivity contribution in [3.05, 3.63) is 0 Å². The summed E-state index contributed by atoms with van der Waals surface area (Å²) >= 11 is 0. The van der Waals surface area contributed by atoms with Gasteiger partial charge >= 0.3 is 0 Å². The van der Waals surface area contributed by atoms with E-state index < -0.39 is 5.60 Å². The van der Waals surface area contributed by atoms with Crippen molar-refractivity contribution >= 4 is 0 Å². The van der Waals surface area contributed by atoms with Crippen LogP contribution >= 0.6 is 0 Å². The van der Waals surface area contributed by atoms with Gasteiger partial charge in [0.15, 0.2) is 0 Å². The summed E-state index contributed by atoms with van der Waals surface area (Å²) in [5, 5.41) is 10.2. The molecule has 84 valence electrons. The van der Waals surface area contributed by atoms with Crippen LogP contribution in [0.1, 0.15) is 58.8 Å². The molecular weight excluding hydrogens is 176 g/mol. The van der Waals surface area contributed by atoms with Crippen LogP contribution in [0.4, 0.5) is 0 Å². The standard InChI is InChI=1S/C12H24O2/c1-3-4-5-6-7-8-12(13)9-10-14-11(12)2/h11,13H,3-10H2,1-2H3.